The third-order valence-corrected chi connectivity index (χ3v) is 5.83. The molecule has 2 heterocycles. The van der Waals surface area contributed by atoms with Gasteiger partial charge in [0.1, 0.15) is 5.82 Å². The number of anilines is 1. The number of fused-ring (bicyclic) bond motifs is 1. The van der Waals surface area contributed by atoms with Crippen LogP contribution in [-0.2, 0) is 7.05 Å². The number of hydrogen-bond donors (Lipinski definition) is 1. The van der Waals surface area contributed by atoms with Crippen molar-refractivity contribution in [2.24, 2.45) is 7.05 Å². The number of rotatable bonds is 2. The second kappa shape index (κ2) is 7.45. The predicted octanol–water partition coefficient (Wildman–Crippen LogP) is 4.06. The zero-order valence-electron chi connectivity index (χ0n) is 16.3. The molecule has 1 N–H and O–H groups in total. The normalized spacial score (nSPS) is 17.9. The summed E-state index contributed by atoms with van der Waals surface area (Å²) in [6, 6.07) is 9.75. The van der Waals surface area contributed by atoms with Gasteiger partial charge in [0.05, 0.1) is 11.7 Å². The number of aromatic nitrogens is 2. The Balaban J connectivity index is 1.59. The van der Waals surface area contributed by atoms with Crippen LogP contribution >= 0.6 is 11.6 Å². The molecule has 2 aromatic carbocycles. The van der Waals surface area contributed by atoms with Crippen LogP contribution in [0.15, 0.2) is 42.7 Å². The van der Waals surface area contributed by atoms with Gasteiger partial charge in [-0.1, -0.05) is 35.9 Å². The van der Waals surface area contributed by atoms with Crippen LogP contribution in [0.2, 0.25) is 5.02 Å². The van der Waals surface area contributed by atoms with Gasteiger partial charge in [0.15, 0.2) is 0 Å². The summed E-state index contributed by atoms with van der Waals surface area (Å²) in [6.45, 7) is 4.03. The molecular formula is C21H24ClN5O. The highest BCUT2D eigenvalue weighted by Crippen LogP contribution is 2.33. The van der Waals surface area contributed by atoms with E-state index in [0.29, 0.717) is 18.1 Å². The standard InChI is InChI=1S/C21H24ClN5O/c1-14-12-17(22)15-6-4-5-7-16(15)19(14)24-21(28)27-11-10-25(2)18(13-27)20-23-8-9-26(20)3/h4-9,12,18H,10-11,13H2,1-3H3,(H,24,28). The Morgan fingerprint density at radius 3 is 2.68 bits per heavy atom. The summed E-state index contributed by atoms with van der Waals surface area (Å²) in [6.07, 6.45) is 3.73. The number of aryl methyl sites for hydroxylation is 2. The molecule has 1 aromatic heterocycles. The highest BCUT2D eigenvalue weighted by Gasteiger charge is 2.31. The van der Waals surface area contributed by atoms with Gasteiger partial charge in [-0.3, -0.25) is 4.90 Å². The molecule has 3 aromatic rings. The second-order valence-electron chi connectivity index (χ2n) is 7.36. The van der Waals surface area contributed by atoms with Crippen LogP contribution in [-0.4, -0.2) is 52.1 Å². The summed E-state index contributed by atoms with van der Waals surface area (Å²) >= 11 is 6.39. The second-order valence-corrected chi connectivity index (χ2v) is 7.77. The maximum Gasteiger partial charge on any atom is 0.321 e. The van der Waals surface area contributed by atoms with E-state index in [-0.39, 0.29) is 12.1 Å². The van der Waals surface area contributed by atoms with Crippen LogP contribution in [0.4, 0.5) is 10.5 Å². The SMILES string of the molecule is Cc1cc(Cl)c2ccccc2c1NC(=O)N1CCN(C)C(c2nccn2C)C1. The number of nitrogens with one attached hydrogen (secondary N) is 1. The average Bonchev–Trinajstić information content (AvgIpc) is 3.11. The number of carbonyl (C=O) groups is 1. The molecule has 4 rings (SSSR count). The number of urea groups is 1. The number of halogens is 1. The fourth-order valence-electron chi connectivity index (χ4n) is 3.85. The van der Waals surface area contributed by atoms with Crippen molar-refractivity contribution in [3.05, 3.63) is 59.1 Å². The molecule has 1 atom stereocenters. The maximum atomic E-state index is 13.1. The van der Waals surface area contributed by atoms with E-state index in [4.69, 9.17) is 11.6 Å². The lowest BCUT2D eigenvalue weighted by Gasteiger charge is -2.39. The lowest BCUT2D eigenvalue weighted by atomic mass is 10.0. The zero-order valence-corrected chi connectivity index (χ0v) is 17.1. The Morgan fingerprint density at radius 2 is 1.96 bits per heavy atom. The third-order valence-electron chi connectivity index (χ3n) is 5.51. The number of nitrogens with zero attached hydrogens (tertiary/aromatic N) is 4. The number of benzene rings is 2. The molecule has 2 amide bonds. The van der Waals surface area contributed by atoms with E-state index in [0.717, 1.165) is 34.4 Å². The zero-order chi connectivity index (χ0) is 19.8. The summed E-state index contributed by atoms with van der Waals surface area (Å²) in [7, 11) is 4.06. The fraction of sp³-hybridized carbons (Fsp3) is 0.333. The van der Waals surface area contributed by atoms with Gasteiger partial charge in [-0.05, 0) is 25.6 Å². The maximum absolute atomic E-state index is 13.1. The van der Waals surface area contributed by atoms with Crippen molar-refractivity contribution in [1.82, 2.24) is 19.4 Å². The van der Waals surface area contributed by atoms with Gasteiger partial charge in [0.2, 0.25) is 0 Å². The fourth-order valence-corrected chi connectivity index (χ4v) is 4.18. The quantitative estimate of drug-likeness (QED) is 0.709. The van der Waals surface area contributed by atoms with Crippen molar-refractivity contribution in [3.8, 4) is 0 Å². The van der Waals surface area contributed by atoms with Gasteiger partial charge in [0.25, 0.3) is 0 Å². The van der Waals surface area contributed by atoms with E-state index >= 15 is 0 Å². The van der Waals surface area contributed by atoms with E-state index in [2.05, 4.69) is 22.2 Å². The number of hydrogen-bond acceptors (Lipinski definition) is 3. The van der Waals surface area contributed by atoms with Crippen LogP contribution < -0.4 is 5.32 Å². The van der Waals surface area contributed by atoms with E-state index < -0.39 is 0 Å². The molecule has 7 heteroatoms. The first-order valence-corrected chi connectivity index (χ1v) is 9.74. The van der Waals surface area contributed by atoms with Crippen LogP contribution in [0.3, 0.4) is 0 Å². The Bertz CT molecular complexity index is 1030. The summed E-state index contributed by atoms with van der Waals surface area (Å²) in [5.74, 6) is 0.966. The molecule has 1 unspecified atom stereocenters. The highest BCUT2D eigenvalue weighted by atomic mass is 35.5. The average molecular weight is 398 g/mol. The van der Waals surface area contributed by atoms with Gasteiger partial charge >= 0.3 is 6.03 Å². The summed E-state index contributed by atoms with van der Waals surface area (Å²) in [4.78, 5) is 21.7. The summed E-state index contributed by atoms with van der Waals surface area (Å²) < 4.78 is 2.01. The van der Waals surface area contributed by atoms with Crippen LogP contribution in [0.25, 0.3) is 10.8 Å². The highest BCUT2D eigenvalue weighted by molar-refractivity contribution is 6.36. The minimum Gasteiger partial charge on any atom is -0.337 e. The lowest BCUT2D eigenvalue weighted by molar-refractivity contribution is 0.110. The number of carbonyl (C=O) groups excluding carboxylic acids is 1. The number of imidazole rings is 1. The summed E-state index contributed by atoms with van der Waals surface area (Å²) in [5, 5.41) is 5.72. The van der Waals surface area contributed by atoms with E-state index in [1.807, 2.05) is 60.0 Å². The number of piperazine rings is 1. The Morgan fingerprint density at radius 1 is 1.21 bits per heavy atom. The van der Waals surface area contributed by atoms with Gasteiger partial charge in [-0.25, -0.2) is 9.78 Å². The smallest absolute Gasteiger partial charge is 0.321 e. The molecule has 1 saturated heterocycles. The molecule has 146 valence electrons. The van der Waals surface area contributed by atoms with E-state index in [9.17, 15) is 4.79 Å². The molecule has 0 aliphatic carbocycles. The van der Waals surface area contributed by atoms with Crippen molar-refractivity contribution in [2.75, 3.05) is 32.0 Å². The van der Waals surface area contributed by atoms with E-state index in [1.165, 1.54) is 0 Å². The number of likely N-dealkylation sites (N-methyl/N-ethyl adjacent to an activating group) is 1. The van der Waals surface area contributed by atoms with Gasteiger partial charge in [0, 0.05) is 54.9 Å². The number of amides is 2. The lowest BCUT2D eigenvalue weighted by Crippen LogP contribution is -2.50. The van der Waals surface area contributed by atoms with Crippen molar-refractivity contribution in [1.29, 1.82) is 0 Å². The van der Waals surface area contributed by atoms with Crippen molar-refractivity contribution >= 4 is 34.1 Å². The largest absolute Gasteiger partial charge is 0.337 e. The van der Waals surface area contributed by atoms with Crippen molar-refractivity contribution in [3.63, 3.8) is 0 Å². The molecule has 6 nitrogen and oxygen atoms in total. The molecule has 0 bridgehead atoms. The monoisotopic (exact) mass is 397 g/mol. The third kappa shape index (κ3) is 3.34. The molecule has 0 spiro atoms. The first-order chi connectivity index (χ1) is 13.5. The van der Waals surface area contributed by atoms with Crippen molar-refractivity contribution in [2.45, 2.75) is 13.0 Å². The van der Waals surface area contributed by atoms with Gasteiger partial charge in [-0.15, -0.1) is 0 Å². The molecule has 28 heavy (non-hydrogen) atoms. The molecule has 1 aliphatic heterocycles. The summed E-state index contributed by atoms with van der Waals surface area (Å²) in [5.41, 5.74) is 1.77. The Hall–Kier alpha value is -2.57. The van der Waals surface area contributed by atoms with Crippen LogP contribution in [0, 0.1) is 6.92 Å². The first kappa shape index (κ1) is 18.8. The molecule has 1 fully saturated rings. The van der Waals surface area contributed by atoms with Gasteiger partial charge < -0.3 is 14.8 Å². The van der Waals surface area contributed by atoms with E-state index in [1.54, 1.807) is 6.20 Å². The van der Waals surface area contributed by atoms with Crippen molar-refractivity contribution < 1.29 is 4.79 Å². The molecule has 0 saturated carbocycles. The van der Waals surface area contributed by atoms with Crippen LogP contribution in [0.1, 0.15) is 17.4 Å². The van der Waals surface area contributed by atoms with Gasteiger partial charge in [-0.2, -0.15) is 0 Å². The molecule has 1 aliphatic rings. The molecule has 0 radical (unpaired) electrons. The Kier molecular flexibility index (Phi) is 5.00. The minimum absolute atomic E-state index is 0.0718. The predicted molar refractivity (Wildman–Crippen MR) is 113 cm³/mol. The van der Waals surface area contributed by atoms with Crippen LogP contribution in [0.5, 0.6) is 0 Å². The molecular weight excluding hydrogens is 374 g/mol. The first-order valence-electron chi connectivity index (χ1n) is 9.37. The Labute approximate surface area is 169 Å². The minimum atomic E-state index is -0.0946. The topological polar surface area (TPSA) is 53.4 Å².